The minimum absolute atomic E-state index is 0.0654. The van der Waals surface area contributed by atoms with Crippen molar-refractivity contribution >= 4 is 28.6 Å². The Morgan fingerprint density at radius 1 is 0.952 bits per heavy atom. The molecule has 2 rings (SSSR count). The van der Waals surface area contributed by atoms with Gasteiger partial charge in [-0.3, -0.25) is 0 Å². The zero-order chi connectivity index (χ0) is 15.7. The van der Waals surface area contributed by atoms with Crippen LogP contribution in [0.1, 0.15) is 5.56 Å². The lowest BCUT2D eigenvalue weighted by Crippen LogP contribution is -2.15. The molecule has 0 saturated heterocycles. The second kappa shape index (κ2) is 5.65. The fourth-order valence-corrected chi connectivity index (χ4v) is 1.90. The molecule has 110 valence electrons. The van der Waals surface area contributed by atoms with E-state index in [4.69, 9.17) is 5.73 Å². The van der Waals surface area contributed by atoms with Crippen LogP contribution in [0.25, 0.3) is 0 Å². The summed E-state index contributed by atoms with van der Waals surface area (Å²) in [7, 11) is 0. The number of hydrogen-bond acceptors (Lipinski definition) is 2. The average molecular weight is 318 g/mol. The van der Waals surface area contributed by atoms with Gasteiger partial charge in [-0.2, -0.15) is 0 Å². The fraction of sp³-hybridized carbons (Fsp3) is 0. The Morgan fingerprint density at radius 2 is 1.52 bits per heavy atom. The molecule has 0 bridgehead atoms. The van der Waals surface area contributed by atoms with Crippen LogP contribution < -0.4 is 11.1 Å². The molecule has 0 spiro atoms. The first-order valence-electron chi connectivity index (χ1n) is 5.51. The molecule has 0 heterocycles. The second-order valence-electron chi connectivity index (χ2n) is 3.99. The zero-order valence-electron chi connectivity index (χ0n) is 10.2. The third-order valence-electron chi connectivity index (χ3n) is 2.63. The number of benzene rings is 2. The topological polar surface area (TPSA) is 38.0 Å². The molecule has 0 radical (unpaired) electrons. The average Bonchev–Trinajstić information content (AvgIpc) is 2.41. The maximum Gasteiger partial charge on any atom is 0.185 e. The van der Waals surface area contributed by atoms with E-state index in [0.717, 1.165) is 6.07 Å². The SMILES string of the molecule is NC(=S)c1c(F)cccc1Nc1c(F)c(F)cc(F)c1F. The van der Waals surface area contributed by atoms with E-state index in [2.05, 4.69) is 17.5 Å². The van der Waals surface area contributed by atoms with Crippen molar-refractivity contribution in [3.05, 3.63) is 58.9 Å². The summed E-state index contributed by atoms with van der Waals surface area (Å²) in [6.45, 7) is 0. The Hall–Kier alpha value is -2.22. The van der Waals surface area contributed by atoms with E-state index in [1.54, 1.807) is 0 Å². The van der Waals surface area contributed by atoms with E-state index in [0.29, 0.717) is 0 Å². The van der Waals surface area contributed by atoms with Crippen molar-refractivity contribution in [3.63, 3.8) is 0 Å². The summed E-state index contributed by atoms with van der Waals surface area (Å²) in [6.07, 6.45) is 0. The monoisotopic (exact) mass is 318 g/mol. The van der Waals surface area contributed by atoms with Crippen LogP contribution >= 0.6 is 12.2 Å². The Labute approximate surface area is 121 Å². The van der Waals surface area contributed by atoms with Gasteiger partial charge in [0.15, 0.2) is 23.3 Å². The quantitative estimate of drug-likeness (QED) is 0.514. The summed E-state index contributed by atoms with van der Waals surface area (Å²) in [4.78, 5) is -0.381. The number of anilines is 2. The summed E-state index contributed by atoms with van der Waals surface area (Å²) in [6, 6.07) is 3.51. The first-order chi connectivity index (χ1) is 9.82. The highest BCUT2D eigenvalue weighted by molar-refractivity contribution is 7.80. The fourth-order valence-electron chi connectivity index (χ4n) is 1.70. The summed E-state index contributed by atoms with van der Waals surface area (Å²) < 4.78 is 67.0. The van der Waals surface area contributed by atoms with Crippen molar-refractivity contribution in [3.8, 4) is 0 Å². The van der Waals surface area contributed by atoms with E-state index in [9.17, 15) is 22.0 Å². The Bertz CT molecular complexity index is 707. The van der Waals surface area contributed by atoms with Gasteiger partial charge in [0.05, 0.1) is 11.3 Å². The highest BCUT2D eigenvalue weighted by atomic mass is 32.1. The van der Waals surface area contributed by atoms with Crippen molar-refractivity contribution < 1.29 is 22.0 Å². The second-order valence-corrected chi connectivity index (χ2v) is 4.43. The number of hydrogen-bond donors (Lipinski definition) is 2. The summed E-state index contributed by atoms with van der Waals surface area (Å²) in [5, 5.41) is 2.08. The van der Waals surface area contributed by atoms with Crippen LogP contribution in [0.5, 0.6) is 0 Å². The van der Waals surface area contributed by atoms with Crippen LogP contribution in [-0.4, -0.2) is 4.99 Å². The number of rotatable bonds is 3. The van der Waals surface area contributed by atoms with Crippen LogP contribution in [0.15, 0.2) is 24.3 Å². The molecule has 0 unspecified atom stereocenters. The molecule has 2 aromatic carbocycles. The third kappa shape index (κ3) is 2.80. The molecule has 2 aromatic rings. The van der Waals surface area contributed by atoms with Gasteiger partial charge in [0, 0.05) is 6.07 Å². The first kappa shape index (κ1) is 15.2. The maximum absolute atomic E-state index is 13.6. The van der Waals surface area contributed by atoms with Gasteiger partial charge in [0.1, 0.15) is 16.5 Å². The van der Waals surface area contributed by atoms with E-state index in [1.807, 2.05) is 0 Å². The molecule has 0 amide bonds. The van der Waals surface area contributed by atoms with Crippen molar-refractivity contribution in [1.29, 1.82) is 0 Å². The van der Waals surface area contributed by atoms with Gasteiger partial charge in [0.25, 0.3) is 0 Å². The van der Waals surface area contributed by atoms with Crippen LogP contribution in [0.2, 0.25) is 0 Å². The largest absolute Gasteiger partial charge is 0.389 e. The van der Waals surface area contributed by atoms with Gasteiger partial charge in [-0.05, 0) is 12.1 Å². The van der Waals surface area contributed by atoms with Crippen LogP contribution in [-0.2, 0) is 0 Å². The van der Waals surface area contributed by atoms with Gasteiger partial charge in [0.2, 0.25) is 0 Å². The summed E-state index contributed by atoms with van der Waals surface area (Å²) in [5.74, 6) is -7.32. The molecule has 21 heavy (non-hydrogen) atoms. The molecule has 0 aliphatic carbocycles. The molecule has 0 aliphatic rings. The first-order valence-corrected chi connectivity index (χ1v) is 5.92. The van der Waals surface area contributed by atoms with Crippen molar-refractivity contribution in [2.45, 2.75) is 0 Å². The van der Waals surface area contributed by atoms with E-state index < -0.39 is 34.8 Å². The molecule has 0 aromatic heterocycles. The van der Waals surface area contributed by atoms with Gasteiger partial charge in [-0.1, -0.05) is 18.3 Å². The Morgan fingerprint density at radius 3 is 2.05 bits per heavy atom. The summed E-state index contributed by atoms with van der Waals surface area (Å²) in [5.41, 5.74) is 3.68. The molecule has 0 aliphatic heterocycles. The molecule has 0 fully saturated rings. The van der Waals surface area contributed by atoms with Gasteiger partial charge >= 0.3 is 0 Å². The predicted molar refractivity (Wildman–Crippen MR) is 71.8 cm³/mol. The Kier molecular flexibility index (Phi) is 4.08. The number of nitrogens with one attached hydrogen (secondary N) is 1. The van der Waals surface area contributed by atoms with Crippen LogP contribution in [0, 0.1) is 29.1 Å². The highest BCUT2D eigenvalue weighted by Crippen LogP contribution is 2.29. The van der Waals surface area contributed by atoms with Crippen molar-refractivity contribution in [2.24, 2.45) is 5.73 Å². The molecule has 2 nitrogen and oxygen atoms in total. The third-order valence-corrected chi connectivity index (χ3v) is 2.84. The Balaban J connectivity index is 2.59. The predicted octanol–water partition coefficient (Wildman–Crippen LogP) is 3.76. The number of thiocarbonyl (C=S) groups is 1. The lowest BCUT2D eigenvalue weighted by molar-refractivity contribution is 0.459. The molecular weight excluding hydrogens is 311 g/mol. The van der Waals surface area contributed by atoms with E-state index in [1.165, 1.54) is 12.1 Å². The number of nitrogens with two attached hydrogens (primary N) is 1. The molecule has 8 heteroatoms. The van der Waals surface area contributed by atoms with E-state index in [-0.39, 0.29) is 22.3 Å². The van der Waals surface area contributed by atoms with Crippen molar-refractivity contribution in [1.82, 2.24) is 0 Å². The van der Waals surface area contributed by atoms with Crippen LogP contribution in [0.3, 0.4) is 0 Å². The normalized spacial score (nSPS) is 10.5. The lowest BCUT2D eigenvalue weighted by atomic mass is 10.1. The smallest absolute Gasteiger partial charge is 0.185 e. The molecular formula is C13H7F5N2S. The van der Waals surface area contributed by atoms with Gasteiger partial charge in [-0.25, -0.2) is 22.0 Å². The van der Waals surface area contributed by atoms with Crippen LogP contribution in [0.4, 0.5) is 33.3 Å². The highest BCUT2D eigenvalue weighted by Gasteiger charge is 2.21. The van der Waals surface area contributed by atoms with Gasteiger partial charge < -0.3 is 11.1 Å². The zero-order valence-corrected chi connectivity index (χ0v) is 11.0. The minimum Gasteiger partial charge on any atom is -0.389 e. The number of halogens is 5. The lowest BCUT2D eigenvalue weighted by Gasteiger charge is -2.13. The maximum atomic E-state index is 13.6. The van der Waals surface area contributed by atoms with Crippen molar-refractivity contribution in [2.75, 3.05) is 5.32 Å². The standard InChI is InChI=1S/C13H7F5N2S/c14-5-2-1-3-8(9(5)13(19)21)20-12-10(17)6(15)4-7(16)11(12)18/h1-4,20H,(H2,19,21). The summed E-state index contributed by atoms with van der Waals surface area (Å²) >= 11 is 4.63. The van der Waals surface area contributed by atoms with Gasteiger partial charge in [-0.15, -0.1) is 0 Å². The molecule has 0 atom stereocenters. The molecule has 3 N–H and O–H groups in total. The van der Waals surface area contributed by atoms with E-state index >= 15 is 0 Å². The minimum atomic E-state index is -1.65. The molecule has 0 saturated carbocycles.